The van der Waals surface area contributed by atoms with E-state index in [2.05, 4.69) is 9.99 Å². The quantitative estimate of drug-likeness (QED) is 0.335. The number of hydrogen-bond acceptors (Lipinski definition) is 8. The zero-order chi connectivity index (χ0) is 14.6. The maximum absolute atomic E-state index is 11.1. The number of amides is 1. The van der Waals surface area contributed by atoms with Gasteiger partial charge in [-0.2, -0.15) is 0 Å². The van der Waals surface area contributed by atoms with Crippen LogP contribution in [0.2, 0.25) is 0 Å². The maximum Gasteiger partial charge on any atom is 0.266 e. The molecule has 0 aliphatic carbocycles. The lowest BCUT2D eigenvalue weighted by molar-refractivity contribution is -0.186. The van der Waals surface area contributed by atoms with E-state index in [0.717, 1.165) is 18.2 Å². The smallest absolute Gasteiger partial charge is 0.266 e. The summed E-state index contributed by atoms with van der Waals surface area (Å²) in [6.45, 7) is 0. The highest BCUT2D eigenvalue weighted by atomic mass is 32.2. The molecular weight excluding hydrogens is 276 g/mol. The van der Waals surface area contributed by atoms with Crippen molar-refractivity contribution < 1.29 is 29.7 Å². The molecule has 1 aliphatic rings. The van der Waals surface area contributed by atoms with E-state index in [-0.39, 0.29) is 5.71 Å². The molecule has 19 heavy (non-hydrogen) atoms. The lowest BCUT2D eigenvalue weighted by Crippen LogP contribution is -2.57. The third-order valence-electron chi connectivity index (χ3n) is 2.60. The van der Waals surface area contributed by atoms with Gasteiger partial charge in [0.25, 0.3) is 5.91 Å². The summed E-state index contributed by atoms with van der Waals surface area (Å²) in [6.07, 6.45) is -2.24. The summed E-state index contributed by atoms with van der Waals surface area (Å²) >= 11 is 1.16. The van der Waals surface area contributed by atoms with E-state index in [9.17, 15) is 20.1 Å². The molecule has 8 nitrogen and oxygen atoms in total. The van der Waals surface area contributed by atoms with Crippen LogP contribution in [0, 0.1) is 6.42 Å². The summed E-state index contributed by atoms with van der Waals surface area (Å²) in [5.74, 6) is -0.862. The van der Waals surface area contributed by atoms with Crippen LogP contribution in [0.15, 0.2) is 5.16 Å². The van der Waals surface area contributed by atoms with Crippen LogP contribution in [0.4, 0.5) is 0 Å². The van der Waals surface area contributed by atoms with Crippen LogP contribution in [0.5, 0.6) is 0 Å². The highest BCUT2D eigenvalue weighted by Crippen LogP contribution is 2.28. The molecule has 1 rings (SSSR count). The molecule has 5 atom stereocenters. The Hall–Kier alpha value is -0.870. The first-order valence-corrected chi connectivity index (χ1v) is 6.69. The van der Waals surface area contributed by atoms with Crippen molar-refractivity contribution in [2.24, 2.45) is 10.9 Å². The summed E-state index contributed by atoms with van der Waals surface area (Å²) in [6, 6.07) is 0. The second kappa shape index (κ2) is 7.06. The van der Waals surface area contributed by atoms with E-state index in [1.54, 1.807) is 6.26 Å². The number of oxime groups is 1. The summed E-state index contributed by atoms with van der Waals surface area (Å²) in [5.41, 5.74) is 4.10. The lowest BCUT2D eigenvalue weighted by atomic mass is 9.96. The zero-order valence-corrected chi connectivity index (χ0v) is 11.3. The Bertz CT molecular complexity index is 351. The summed E-state index contributed by atoms with van der Waals surface area (Å²) in [4.78, 5) is 15.5. The molecule has 5 unspecified atom stereocenters. The zero-order valence-electron chi connectivity index (χ0n) is 10.5. The van der Waals surface area contributed by atoms with Crippen LogP contribution in [-0.2, 0) is 14.4 Å². The molecular formula is C10H17N2O6S. The number of nitrogens with zero attached hydrogens (tertiary/aromatic N) is 1. The minimum absolute atomic E-state index is 0.241. The Labute approximate surface area is 114 Å². The van der Waals surface area contributed by atoms with Gasteiger partial charge in [-0.15, -0.1) is 11.8 Å². The van der Waals surface area contributed by atoms with Gasteiger partial charge in [-0.1, -0.05) is 5.16 Å². The van der Waals surface area contributed by atoms with Gasteiger partial charge in [0, 0.05) is 0 Å². The molecule has 0 spiro atoms. The van der Waals surface area contributed by atoms with Crippen molar-refractivity contribution in [3.05, 3.63) is 6.42 Å². The first kappa shape index (κ1) is 16.2. The molecule has 1 aliphatic heterocycles. The van der Waals surface area contributed by atoms with Gasteiger partial charge in [0.15, 0.2) is 5.71 Å². The first-order chi connectivity index (χ1) is 8.92. The number of nitrogens with two attached hydrogens (primary N) is 1. The van der Waals surface area contributed by atoms with Crippen molar-refractivity contribution in [1.82, 2.24) is 0 Å². The molecule has 1 heterocycles. The van der Waals surface area contributed by atoms with E-state index in [4.69, 9.17) is 10.5 Å². The third-order valence-corrected chi connectivity index (χ3v) is 3.46. The van der Waals surface area contributed by atoms with Gasteiger partial charge in [0.1, 0.15) is 30.9 Å². The van der Waals surface area contributed by atoms with E-state index in [1.807, 2.05) is 0 Å². The lowest BCUT2D eigenvalue weighted by Gasteiger charge is -2.39. The van der Waals surface area contributed by atoms with Crippen LogP contribution in [-0.4, -0.2) is 70.2 Å². The molecule has 0 aromatic carbocycles. The van der Waals surface area contributed by atoms with Gasteiger partial charge in [0.2, 0.25) is 0 Å². The topological polar surface area (TPSA) is 135 Å². The standard InChI is InChI=1S/C10H17N2O6S/c1-17-12-4(9(11)16)3-5-6(13)7(14)8(15)10(18-5)19-2/h3,5-8,10,13-15H,1-2H3,(H2,11,16). The number of hydrogen-bond donors (Lipinski definition) is 4. The second-order valence-electron chi connectivity index (χ2n) is 3.87. The van der Waals surface area contributed by atoms with Gasteiger partial charge in [-0.25, -0.2) is 0 Å². The number of primary amides is 1. The predicted molar refractivity (Wildman–Crippen MR) is 68.1 cm³/mol. The van der Waals surface area contributed by atoms with Gasteiger partial charge in [0.05, 0.1) is 12.5 Å². The minimum Gasteiger partial charge on any atom is -0.399 e. The molecule has 1 fully saturated rings. The Balaban J connectivity index is 2.81. The maximum atomic E-state index is 11.1. The number of rotatable bonds is 5. The van der Waals surface area contributed by atoms with Gasteiger partial charge in [-0.3, -0.25) is 4.79 Å². The van der Waals surface area contributed by atoms with E-state index in [1.165, 1.54) is 7.11 Å². The molecule has 0 bridgehead atoms. The Morgan fingerprint density at radius 3 is 2.47 bits per heavy atom. The van der Waals surface area contributed by atoms with Gasteiger partial charge >= 0.3 is 0 Å². The molecule has 1 saturated heterocycles. The van der Waals surface area contributed by atoms with Crippen molar-refractivity contribution in [2.75, 3.05) is 13.4 Å². The monoisotopic (exact) mass is 293 g/mol. The van der Waals surface area contributed by atoms with Crippen molar-refractivity contribution in [3.63, 3.8) is 0 Å². The van der Waals surface area contributed by atoms with Crippen LogP contribution in [0.1, 0.15) is 0 Å². The van der Waals surface area contributed by atoms with Crippen molar-refractivity contribution in [3.8, 4) is 0 Å². The summed E-state index contributed by atoms with van der Waals surface area (Å²) in [5, 5.41) is 32.5. The summed E-state index contributed by atoms with van der Waals surface area (Å²) in [7, 11) is 1.23. The number of thioether (sulfide) groups is 1. The molecule has 1 radical (unpaired) electrons. The third kappa shape index (κ3) is 3.80. The fourth-order valence-corrected chi connectivity index (χ4v) is 2.30. The normalized spacial score (nSPS) is 36.1. The van der Waals surface area contributed by atoms with Gasteiger partial charge in [-0.05, 0) is 6.26 Å². The number of ether oxygens (including phenoxy) is 1. The predicted octanol–water partition coefficient (Wildman–Crippen LogP) is -2.15. The number of carbonyl (C=O) groups excluding carboxylic acids is 1. The Morgan fingerprint density at radius 1 is 1.37 bits per heavy atom. The van der Waals surface area contributed by atoms with Crippen molar-refractivity contribution in [2.45, 2.75) is 29.9 Å². The molecule has 5 N–H and O–H groups in total. The summed E-state index contributed by atoms with van der Waals surface area (Å²) < 4.78 is 5.36. The van der Waals surface area contributed by atoms with E-state index in [0.29, 0.717) is 0 Å². The largest absolute Gasteiger partial charge is 0.399 e. The van der Waals surface area contributed by atoms with Gasteiger partial charge < -0.3 is 30.6 Å². The minimum atomic E-state index is -1.40. The highest BCUT2D eigenvalue weighted by Gasteiger charge is 2.44. The average Bonchev–Trinajstić information content (AvgIpc) is 2.38. The molecule has 0 aromatic rings. The molecule has 0 aromatic heterocycles. The molecule has 9 heteroatoms. The van der Waals surface area contributed by atoms with Crippen molar-refractivity contribution in [1.29, 1.82) is 0 Å². The number of aliphatic hydroxyl groups is 3. The Kier molecular flexibility index (Phi) is 6.01. The Morgan fingerprint density at radius 2 is 2.00 bits per heavy atom. The highest BCUT2D eigenvalue weighted by molar-refractivity contribution is 7.99. The van der Waals surface area contributed by atoms with Crippen LogP contribution < -0.4 is 5.73 Å². The molecule has 1 amide bonds. The fraction of sp³-hybridized carbons (Fsp3) is 0.700. The van der Waals surface area contributed by atoms with Crippen LogP contribution >= 0.6 is 11.8 Å². The fourth-order valence-electron chi connectivity index (χ4n) is 1.62. The molecule has 109 valence electrons. The second-order valence-corrected chi connectivity index (χ2v) is 4.80. The van der Waals surface area contributed by atoms with E-state index >= 15 is 0 Å². The van der Waals surface area contributed by atoms with Crippen LogP contribution in [0.25, 0.3) is 0 Å². The first-order valence-electron chi connectivity index (χ1n) is 5.40. The molecule has 0 saturated carbocycles. The average molecular weight is 293 g/mol. The van der Waals surface area contributed by atoms with E-state index < -0.39 is 35.8 Å². The number of aliphatic hydroxyl groups excluding tert-OH is 3. The number of carbonyl (C=O) groups is 1. The SMILES string of the molecule is CON=C([CH]C1OC(SC)C(O)C(O)C1O)C(N)=O. The van der Waals surface area contributed by atoms with Crippen molar-refractivity contribution >= 4 is 23.4 Å². The van der Waals surface area contributed by atoms with Crippen LogP contribution in [0.3, 0.4) is 0 Å².